The lowest BCUT2D eigenvalue weighted by atomic mass is 10.1. The van der Waals surface area contributed by atoms with Gasteiger partial charge in [0.05, 0.1) is 16.8 Å². The van der Waals surface area contributed by atoms with Crippen molar-refractivity contribution in [3.05, 3.63) is 78.4 Å². The first-order valence-corrected chi connectivity index (χ1v) is 11.1. The summed E-state index contributed by atoms with van der Waals surface area (Å²) in [4.78, 5) is 26.9. The molecule has 166 valence electrons. The van der Waals surface area contributed by atoms with Crippen molar-refractivity contribution in [1.82, 2.24) is 4.98 Å². The fraction of sp³-hybridized carbons (Fsp3) is 0.120. The van der Waals surface area contributed by atoms with Crippen molar-refractivity contribution in [1.29, 1.82) is 0 Å². The quantitative estimate of drug-likeness (QED) is 0.211. The lowest BCUT2D eigenvalue weighted by molar-refractivity contribution is -0.137. The van der Waals surface area contributed by atoms with Crippen LogP contribution in [0.1, 0.15) is 18.4 Å². The molecule has 0 bridgehead atoms. The first-order chi connectivity index (χ1) is 16.1. The second-order valence-corrected chi connectivity index (χ2v) is 8.20. The minimum absolute atomic E-state index is 0.0542. The largest absolute Gasteiger partial charge is 0.494 e. The van der Waals surface area contributed by atoms with Crippen LogP contribution >= 0.6 is 11.3 Å². The Morgan fingerprint density at radius 2 is 1.85 bits per heavy atom. The van der Waals surface area contributed by atoms with Crippen LogP contribution in [0.5, 0.6) is 5.75 Å². The molecule has 0 fully saturated rings. The summed E-state index contributed by atoms with van der Waals surface area (Å²) in [5.74, 6) is 1.72. The van der Waals surface area contributed by atoms with Gasteiger partial charge in [-0.3, -0.25) is 4.79 Å². The van der Waals surface area contributed by atoms with Crippen molar-refractivity contribution in [3.8, 4) is 5.75 Å². The lowest BCUT2D eigenvalue weighted by Crippen LogP contribution is -2.03. The number of nitrogens with zero attached hydrogens (tertiary/aromatic N) is 1. The summed E-state index contributed by atoms with van der Waals surface area (Å²) in [6.45, 7) is 0.299. The van der Waals surface area contributed by atoms with Gasteiger partial charge in [0, 0.05) is 29.4 Å². The summed E-state index contributed by atoms with van der Waals surface area (Å²) in [5, 5.41) is 15.9. The number of carboxylic acid groups (broad SMARTS) is 1. The molecule has 4 rings (SSSR count). The molecule has 0 saturated heterocycles. The lowest BCUT2D eigenvalue weighted by Gasteiger charge is -2.10. The van der Waals surface area contributed by atoms with E-state index in [9.17, 15) is 9.59 Å². The molecule has 0 radical (unpaired) electrons. The number of hydrogen-bond acceptors (Lipinski definition) is 7. The molecule has 33 heavy (non-hydrogen) atoms. The van der Waals surface area contributed by atoms with Gasteiger partial charge >= 0.3 is 5.97 Å². The molecule has 0 unspecified atom stereocenters. The fourth-order valence-corrected chi connectivity index (χ4v) is 4.08. The van der Waals surface area contributed by atoms with E-state index in [4.69, 9.17) is 9.84 Å². The number of carbonyl (C=O) groups is 1. The molecule has 0 amide bonds. The number of thiazole rings is 1. The molecule has 7 nitrogen and oxygen atoms in total. The summed E-state index contributed by atoms with van der Waals surface area (Å²) in [5.41, 5.74) is 3.45. The van der Waals surface area contributed by atoms with Crippen LogP contribution in [0.15, 0.2) is 72.8 Å². The molecule has 0 aliphatic heterocycles. The predicted molar refractivity (Wildman–Crippen MR) is 131 cm³/mol. The predicted octanol–water partition coefficient (Wildman–Crippen LogP) is 5.57. The molecular formula is C25H21N3O4S. The van der Waals surface area contributed by atoms with E-state index < -0.39 is 5.97 Å². The Balaban J connectivity index is 1.46. The van der Waals surface area contributed by atoms with Crippen LogP contribution in [-0.4, -0.2) is 28.6 Å². The van der Waals surface area contributed by atoms with Gasteiger partial charge < -0.3 is 20.5 Å². The number of ether oxygens (including phenoxy) is 1. The summed E-state index contributed by atoms with van der Waals surface area (Å²) < 4.78 is 6.54. The van der Waals surface area contributed by atoms with Crippen LogP contribution in [-0.2, 0) is 9.59 Å². The SMILES string of the molecule is O=C=C(Nc1cccc(OCCCC(=O)O)c1)c1ccc2nc(Nc3ccccc3)sc2c1. The summed E-state index contributed by atoms with van der Waals surface area (Å²) in [6.07, 6.45) is 0.473. The second-order valence-electron chi connectivity index (χ2n) is 7.17. The average molecular weight is 460 g/mol. The number of para-hydroxylation sites is 1. The minimum Gasteiger partial charge on any atom is -0.494 e. The van der Waals surface area contributed by atoms with E-state index in [0.29, 0.717) is 35.7 Å². The smallest absolute Gasteiger partial charge is 0.303 e. The van der Waals surface area contributed by atoms with Crippen LogP contribution in [0, 0.1) is 0 Å². The van der Waals surface area contributed by atoms with Gasteiger partial charge in [-0.15, -0.1) is 0 Å². The van der Waals surface area contributed by atoms with Crippen LogP contribution in [0.25, 0.3) is 15.9 Å². The Bertz CT molecular complexity index is 1310. The monoisotopic (exact) mass is 459 g/mol. The molecule has 1 aromatic heterocycles. The highest BCUT2D eigenvalue weighted by Crippen LogP contribution is 2.31. The number of carboxylic acids is 1. The average Bonchev–Trinajstić information content (AvgIpc) is 3.22. The van der Waals surface area contributed by atoms with Gasteiger partial charge in [0.2, 0.25) is 0 Å². The van der Waals surface area contributed by atoms with Crippen molar-refractivity contribution in [2.75, 3.05) is 17.2 Å². The van der Waals surface area contributed by atoms with Crippen molar-refractivity contribution in [2.24, 2.45) is 0 Å². The highest BCUT2D eigenvalue weighted by Gasteiger charge is 2.10. The molecule has 8 heteroatoms. The minimum atomic E-state index is -0.851. The van der Waals surface area contributed by atoms with Crippen LogP contribution in [0.2, 0.25) is 0 Å². The first kappa shape index (κ1) is 22.1. The summed E-state index contributed by atoms with van der Waals surface area (Å²) in [7, 11) is 0. The summed E-state index contributed by atoms with van der Waals surface area (Å²) >= 11 is 1.50. The van der Waals surface area contributed by atoms with Gasteiger partial charge in [0.15, 0.2) is 11.1 Å². The molecule has 0 atom stereocenters. The molecule has 4 aromatic rings. The zero-order chi connectivity index (χ0) is 23.0. The third-order valence-electron chi connectivity index (χ3n) is 4.71. The maximum Gasteiger partial charge on any atom is 0.303 e. The van der Waals surface area contributed by atoms with Gasteiger partial charge in [-0.05, 0) is 48.9 Å². The number of carbonyl (C=O) groups excluding carboxylic acids is 1. The maximum absolute atomic E-state index is 11.7. The Labute approximate surface area is 194 Å². The number of fused-ring (bicyclic) bond motifs is 1. The number of aromatic nitrogens is 1. The number of benzene rings is 3. The molecule has 0 spiro atoms. The van der Waals surface area contributed by atoms with Gasteiger partial charge in [-0.1, -0.05) is 35.6 Å². The van der Waals surface area contributed by atoms with Gasteiger partial charge in [0.1, 0.15) is 11.4 Å². The Hall–Kier alpha value is -4.13. The van der Waals surface area contributed by atoms with E-state index in [1.54, 1.807) is 18.2 Å². The molecule has 0 aliphatic rings. The number of anilines is 3. The topological polar surface area (TPSA) is 101 Å². The van der Waals surface area contributed by atoms with Crippen LogP contribution in [0.4, 0.5) is 16.5 Å². The highest BCUT2D eigenvalue weighted by atomic mass is 32.1. The van der Waals surface area contributed by atoms with E-state index in [0.717, 1.165) is 21.0 Å². The zero-order valence-corrected chi connectivity index (χ0v) is 18.4. The maximum atomic E-state index is 11.7. The Kier molecular flexibility index (Phi) is 6.99. The van der Waals surface area contributed by atoms with E-state index in [1.807, 2.05) is 60.5 Å². The van der Waals surface area contributed by atoms with Crippen molar-refractivity contribution in [2.45, 2.75) is 12.8 Å². The van der Waals surface area contributed by atoms with Crippen LogP contribution < -0.4 is 15.4 Å². The zero-order valence-electron chi connectivity index (χ0n) is 17.6. The number of aliphatic carboxylic acids is 1. The molecule has 1 heterocycles. The number of hydrogen-bond donors (Lipinski definition) is 3. The third kappa shape index (κ3) is 5.98. The molecular weight excluding hydrogens is 438 g/mol. The van der Waals surface area contributed by atoms with Crippen LogP contribution in [0.3, 0.4) is 0 Å². The van der Waals surface area contributed by atoms with E-state index in [1.165, 1.54) is 11.3 Å². The number of rotatable bonds is 10. The fourth-order valence-electron chi connectivity index (χ4n) is 3.16. The molecule has 0 aliphatic carbocycles. The van der Waals surface area contributed by atoms with E-state index in [2.05, 4.69) is 15.6 Å². The Morgan fingerprint density at radius 1 is 1.03 bits per heavy atom. The summed E-state index contributed by atoms with van der Waals surface area (Å²) in [6, 6.07) is 22.6. The molecule has 3 aromatic carbocycles. The van der Waals surface area contributed by atoms with Gasteiger partial charge in [0.25, 0.3) is 0 Å². The Morgan fingerprint density at radius 3 is 2.64 bits per heavy atom. The molecule has 0 saturated carbocycles. The van der Waals surface area contributed by atoms with Gasteiger partial charge in [-0.2, -0.15) is 0 Å². The highest BCUT2D eigenvalue weighted by molar-refractivity contribution is 7.22. The normalized spacial score (nSPS) is 10.4. The first-order valence-electron chi connectivity index (χ1n) is 10.3. The van der Waals surface area contributed by atoms with Crippen molar-refractivity contribution >= 4 is 55.7 Å². The van der Waals surface area contributed by atoms with Gasteiger partial charge in [-0.25, -0.2) is 9.78 Å². The molecule has 3 N–H and O–H groups in total. The van der Waals surface area contributed by atoms with E-state index in [-0.39, 0.29) is 6.42 Å². The standard InChI is InChI=1S/C25H21N3O4S/c29-16-22(26-19-8-4-9-20(15-19)32-13-5-10-24(30)31)17-11-12-21-23(14-17)33-25(28-21)27-18-6-2-1-3-7-18/h1-4,6-9,11-12,14-15,26H,5,10,13H2,(H,27,28)(H,30,31). The number of nitrogens with one attached hydrogen (secondary N) is 2. The van der Waals surface area contributed by atoms with Crippen molar-refractivity contribution < 1.29 is 19.4 Å². The van der Waals surface area contributed by atoms with E-state index >= 15 is 0 Å². The van der Waals surface area contributed by atoms with Crippen molar-refractivity contribution in [3.63, 3.8) is 0 Å². The third-order valence-corrected chi connectivity index (χ3v) is 5.64. The second kappa shape index (κ2) is 10.5.